The first-order valence-electron chi connectivity index (χ1n) is 8.49. The van der Waals surface area contributed by atoms with Gasteiger partial charge >= 0.3 is 0 Å². The number of hydrogen-bond acceptors (Lipinski definition) is 4. The Morgan fingerprint density at radius 3 is 2.67 bits per heavy atom. The predicted molar refractivity (Wildman–Crippen MR) is 89.1 cm³/mol. The van der Waals surface area contributed by atoms with Crippen LogP contribution in [0.4, 0.5) is 5.13 Å². The fourth-order valence-electron chi connectivity index (χ4n) is 3.62. The van der Waals surface area contributed by atoms with Crippen LogP contribution in [0.25, 0.3) is 0 Å². The maximum atomic E-state index is 5.09. The lowest BCUT2D eigenvalue weighted by Gasteiger charge is -2.34. The lowest BCUT2D eigenvalue weighted by Crippen LogP contribution is -2.30. The summed E-state index contributed by atoms with van der Waals surface area (Å²) in [5.74, 6) is 0.947. The van der Waals surface area contributed by atoms with E-state index in [0.717, 1.165) is 18.4 Å². The molecule has 0 bridgehead atoms. The summed E-state index contributed by atoms with van der Waals surface area (Å²) < 4.78 is 0. The topological polar surface area (TPSA) is 28.2 Å². The number of thiazole rings is 1. The molecule has 0 aromatic carbocycles. The first-order valence-corrected chi connectivity index (χ1v) is 9.31. The molecule has 3 aliphatic carbocycles. The van der Waals surface area contributed by atoms with Crippen molar-refractivity contribution in [2.24, 2.45) is 11.3 Å². The summed E-state index contributed by atoms with van der Waals surface area (Å²) in [6.45, 7) is 6.01. The van der Waals surface area contributed by atoms with E-state index in [1.54, 1.807) is 0 Å². The smallest absolute Gasteiger partial charge is 0.186 e. The summed E-state index contributed by atoms with van der Waals surface area (Å²) in [5.41, 5.74) is 1.74. The summed E-state index contributed by atoms with van der Waals surface area (Å²) in [7, 11) is 2.10. The van der Waals surface area contributed by atoms with Gasteiger partial charge in [-0.15, -0.1) is 0 Å². The summed E-state index contributed by atoms with van der Waals surface area (Å²) in [5, 5.41) is 4.83. The van der Waals surface area contributed by atoms with Gasteiger partial charge in [0.15, 0.2) is 5.13 Å². The van der Waals surface area contributed by atoms with E-state index in [-0.39, 0.29) is 0 Å². The summed E-state index contributed by atoms with van der Waals surface area (Å²) in [6, 6.07) is 1.29. The van der Waals surface area contributed by atoms with Crippen molar-refractivity contribution in [3.8, 4) is 0 Å². The predicted octanol–water partition coefficient (Wildman–Crippen LogP) is 3.75. The van der Waals surface area contributed by atoms with Crippen LogP contribution in [-0.4, -0.2) is 24.6 Å². The Morgan fingerprint density at radius 2 is 2.05 bits per heavy atom. The van der Waals surface area contributed by atoms with E-state index in [9.17, 15) is 0 Å². The molecule has 3 nitrogen and oxygen atoms in total. The molecule has 2 saturated carbocycles. The highest BCUT2D eigenvalue weighted by Crippen LogP contribution is 2.46. The van der Waals surface area contributed by atoms with Crippen molar-refractivity contribution >= 4 is 16.5 Å². The minimum Gasteiger partial charge on any atom is -0.345 e. The average molecular weight is 305 g/mol. The van der Waals surface area contributed by atoms with Crippen LogP contribution in [0.3, 0.4) is 0 Å². The third-order valence-corrected chi connectivity index (χ3v) is 6.42. The number of aromatic nitrogens is 1. The van der Waals surface area contributed by atoms with E-state index >= 15 is 0 Å². The van der Waals surface area contributed by atoms with Gasteiger partial charge in [0.2, 0.25) is 0 Å². The molecule has 1 aromatic heterocycles. The molecule has 2 fully saturated rings. The van der Waals surface area contributed by atoms with Crippen molar-refractivity contribution in [2.45, 2.75) is 64.5 Å². The van der Waals surface area contributed by atoms with Crippen molar-refractivity contribution in [3.63, 3.8) is 0 Å². The highest BCUT2D eigenvalue weighted by atomic mass is 32.1. The Kier molecular flexibility index (Phi) is 3.30. The second-order valence-electron chi connectivity index (χ2n) is 8.02. The largest absolute Gasteiger partial charge is 0.345 e. The zero-order valence-corrected chi connectivity index (χ0v) is 14.3. The molecule has 0 amide bonds. The Balaban J connectivity index is 1.63. The van der Waals surface area contributed by atoms with Crippen molar-refractivity contribution in [2.75, 3.05) is 18.5 Å². The van der Waals surface area contributed by atoms with E-state index in [0.29, 0.717) is 11.5 Å². The molecule has 1 atom stereocenters. The van der Waals surface area contributed by atoms with E-state index in [2.05, 4.69) is 31.1 Å². The van der Waals surface area contributed by atoms with Crippen LogP contribution in [0, 0.1) is 11.3 Å². The molecular formula is C17H27N3S. The number of nitrogens with one attached hydrogen (secondary N) is 1. The minimum atomic E-state index is 0.368. The molecule has 116 valence electrons. The molecule has 0 radical (unpaired) electrons. The van der Waals surface area contributed by atoms with Crippen molar-refractivity contribution in [1.82, 2.24) is 10.3 Å². The Hall–Kier alpha value is -0.610. The van der Waals surface area contributed by atoms with Gasteiger partial charge in [0.1, 0.15) is 0 Å². The van der Waals surface area contributed by atoms with Crippen LogP contribution in [0.2, 0.25) is 0 Å². The zero-order chi connectivity index (χ0) is 14.6. The van der Waals surface area contributed by atoms with E-state index < -0.39 is 0 Å². The minimum absolute atomic E-state index is 0.368. The van der Waals surface area contributed by atoms with Gasteiger partial charge in [0, 0.05) is 23.5 Å². The van der Waals surface area contributed by atoms with Gasteiger partial charge in [-0.25, -0.2) is 4.98 Å². The van der Waals surface area contributed by atoms with E-state index in [1.807, 2.05) is 11.3 Å². The third kappa shape index (κ3) is 2.85. The Labute approximate surface area is 132 Å². The molecular weight excluding hydrogens is 278 g/mol. The summed E-state index contributed by atoms with van der Waals surface area (Å²) in [6.07, 6.45) is 7.97. The molecule has 0 spiro atoms. The normalized spacial score (nSPS) is 27.5. The SMILES string of the molecule is CNC1CC(C)(C)Cc2nc(N(CC3CC3)C3CC3)sc21. The van der Waals surface area contributed by atoms with Gasteiger partial charge < -0.3 is 10.2 Å². The summed E-state index contributed by atoms with van der Waals surface area (Å²) >= 11 is 1.97. The van der Waals surface area contributed by atoms with Crippen molar-refractivity contribution in [3.05, 3.63) is 10.6 Å². The van der Waals surface area contributed by atoms with Crippen LogP contribution < -0.4 is 10.2 Å². The molecule has 1 heterocycles. The number of hydrogen-bond donors (Lipinski definition) is 1. The maximum absolute atomic E-state index is 5.09. The van der Waals surface area contributed by atoms with Crippen LogP contribution in [0.15, 0.2) is 0 Å². The fraction of sp³-hybridized carbons (Fsp3) is 0.824. The van der Waals surface area contributed by atoms with Crippen molar-refractivity contribution < 1.29 is 0 Å². The number of fused-ring (bicyclic) bond motifs is 1. The molecule has 21 heavy (non-hydrogen) atoms. The maximum Gasteiger partial charge on any atom is 0.186 e. The Morgan fingerprint density at radius 1 is 1.29 bits per heavy atom. The van der Waals surface area contributed by atoms with Gasteiger partial charge in [0.25, 0.3) is 0 Å². The van der Waals surface area contributed by atoms with Gasteiger partial charge in [-0.3, -0.25) is 0 Å². The molecule has 0 aliphatic heterocycles. The van der Waals surface area contributed by atoms with Crippen LogP contribution in [0.5, 0.6) is 0 Å². The van der Waals surface area contributed by atoms with Crippen LogP contribution >= 0.6 is 11.3 Å². The second-order valence-corrected chi connectivity index (χ2v) is 9.03. The van der Waals surface area contributed by atoms with Crippen LogP contribution in [0.1, 0.15) is 62.6 Å². The molecule has 3 aliphatic rings. The molecule has 0 saturated heterocycles. The molecule has 1 aromatic rings. The molecule has 4 rings (SSSR count). The van der Waals surface area contributed by atoms with Gasteiger partial charge in [-0.05, 0) is 56.9 Å². The standard InChI is InChI=1S/C17H27N3S/c1-17(2)8-13(18-3)15-14(9-17)19-16(21-15)20(12-6-7-12)10-11-4-5-11/h11-13,18H,4-10H2,1-3H3. The lowest BCUT2D eigenvalue weighted by atomic mass is 9.76. The van der Waals surface area contributed by atoms with Crippen LogP contribution in [-0.2, 0) is 6.42 Å². The van der Waals surface area contributed by atoms with E-state index in [4.69, 9.17) is 4.98 Å². The molecule has 4 heteroatoms. The first kappa shape index (κ1) is 14.0. The molecule has 1 N–H and O–H groups in total. The first-order chi connectivity index (χ1) is 10.1. The van der Waals surface area contributed by atoms with Gasteiger partial charge in [0.05, 0.1) is 5.69 Å². The monoisotopic (exact) mass is 305 g/mol. The highest BCUT2D eigenvalue weighted by molar-refractivity contribution is 7.15. The van der Waals surface area contributed by atoms with Gasteiger partial charge in [-0.2, -0.15) is 0 Å². The second kappa shape index (κ2) is 4.95. The zero-order valence-electron chi connectivity index (χ0n) is 13.5. The molecule has 1 unspecified atom stereocenters. The lowest BCUT2D eigenvalue weighted by molar-refractivity contribution is 0.265. The number of anilines is 1. The summed E-state index contributed by atoms with van der Waals surface area (Å²) in [4.78, 5) is 9.24. The quantitative estimate of drug-likeness (QED) is 0.898. The third-order valence-electron chi connectivity index (χ3n) is 5.17. The average Bonchev–Trinajstić information content (AvgIpc) is 3.31. The van der Waals surface area contributed by atoms with E-state index in [1.165, 1.54) is 54.4 Å². The highest BCUT2D eigenvalue weighted by Gasteiger charge is 2.38. The van der Waals surface area contributed by atoms with Gasteiger partial charge in [-0.1, -0.05) is 25.2 Å². The number of nitrogens with zero attached hydrogens (tertiary/aromatic N) is 2. The van der Waals surface area contributed by atoms with Crippen molar-refractivity contribution in [1.29, 1.82) is 0 Å². The Bertz CT molecular complexity index is 528. The fourth-order valence-corrected chi connectivity index (χ4v) is 4.90. The number of rotatable bonds is 5.